The zero-order chi connectivity index (χ0) is 12.1. The summed E-state index contributed by atoms with van der Waals surface area (Å²) in [5.74, 6) is 0.0656. The van der Waals surface area contributed by atoms with Crippen molar-refractivity contribution in [1.82, 2.24) is 5.32 Å². The molecule has 0 radical (unpaired) electrons. The molecule has 0 aliphatic rings. The number of amides is 1. The van der Waals surface area contributed by atoms with Crippen molar-refractivity contribution in [3.8, 4) is 5.75 Å². The molecule has 1 amide bonds. The minimum absolute atomic E-state index is 0.0850. The van der Waals surface area contributed by atoms with Crippen LogP contribution >= 0.6 is 0 Å². The predicted molar refractivity (Wildman–Crippen MR) is 63.4 cm³/mol. The van der Waals surface area contributed by atoms with Gasteiger partial charge in [-0.25, -0.2) is 0 Å². The lowest BCUT2D eigenvalue weighted by molar-refractivity contribution is 0.0952. The Labute approximate surface area is 95.5 Å². The average molecular weight is 222 g/mol. The van der Waals surface area contributed by atoms with Crippen LogP contribution in [0.2, 0.25) is 0 Å². The molecule has 1 unspecified atom stereocenters. The van der Waals surface area contributed by atoms with E-state index in [2.05, 4.69) is 5.32 Å². The van der Waals surface area contributed by atoms with E-state index < -0.39 is 0 Å². The Morgan fingerprint density at radius 1 is 1.56 bits per heavy atom. The smallest absolute Gasteiger partial charge is 0.251 e. The zero-order valence-electron chi connectivity index (χ0n) is 9.66. The van der Waals surface area contributed by atoms with Gasteiger partial charge < -0.3 is 16.2 Å². The fourth-order valence-corrected chi connectivity index (χ4v) is 1.31. The van der Waals surface area contributed by atoms with Crippen LogP contribution in [-0.4, -0.2) is 23.6 Å². The number of hydrogen-bond donors (Lipinski definition) is 3. The highest BCUT2D eigenvalue weighted by molar-refractivity contribution is 5.94. The molecule has 0 heterocycles. The zero-order valence-corrected chi connectivity index (χ0v) is 9.66. The monoisotopic (exact) mass is 222 g/mol. The van der Waals surface area contributed by atoms with E-state index in [0.29, 0.717) is 17.7 Å². The van der Waals surface area contributed by atoms with E-state index in [9.17, 15) is 9.90 Å². The minimum Gasteiger partial charge on any atom is -0.508 e. The standard InChI is InChI=1S/C12H18N2O2/c1-8-7-10(3-4-11(8)15)12(16)14-6-5-9(2)13/h3-4,7,9,15H,5-6,13H2,1-2H3,(H,14,16). The minimum atomic E-state index is -0.135. The molecule has 0 aliphatic heterocycles. The van der Waals surface area contributed by atoms with E-state index in [4.69, 9.17) is 5.73 Å². The molecule has 1 aromatic rings. The van der Waals surface area contributed by atoms with Crippen LogP contribution < -0.4 is 11.1 Å². The second kappa shape index (κ2) is 5.51. The van der Waals surface area contributed by atoms with Gasteiger partial charge in [-0.15, -0.1) is 0 Å². The first-order valence-electron chi connectivity index (χ1n) is 5.34. The van der Waals surface area contributed by atoms with Crippen molar-refractivity contribution in [1.29, 1.82) is 0 Å². The molecule has 4 heteroatoms. The number of carbonyl (C=O) groups excluding carboxylic acids is 1. The third-order valence-electron chi connectivity index (χ3n) is 2.34. The number of carbonyl (C=O) groups is 1. The van der Waals surface area contributed by atoms with Gasteiger partial charge in [0.25, 0.3) is 5.91 Å². The number of aromatic hydroxyl groups is 1. The van der Waals surface area contributed by atoms with E-state index in [1.807, 2.05) is 6.92 Å². The summed E-state index contributed by atoms with van der Waals surface area (Å²) in [5, 5.41) is 12.1. The first-order chi connectivity index (χ1) is 7.50. The van der Waals surface area contributed by atoms with Crippen LogP contribution in [0.3, 0.4) is 0 Å². The van der Waals surface area contributed by atoms with Crippen molar-refractivity contribution in [2.24, 2.45) is 5.73 Å². The molecule has 0 bridgehead atoms. The van der Waals surface area contributed by atoms with Crippen LogP contribution in [0.25, 0.3) is 0 Å². The summed E-state index contributed by atoms with van der Waals surface area (Å²) in [6.45, 7) is 4.22. The van der Waals surface area contributed by atoms with Gasteiger partial charge in [0.15, 0.2) is 0 Å². The van der Waals surface area contributed by atoms with E-state index in [1.165, 1.54) is 6.07 Å². The van der Waals surface area contributed by atoms with Gasteiger partial charge in [0.05, 0.1) is 0 Å². The van der Waals surface area contributed by atoms with Gasteiger partial charge in [0.1, 0.15) is 5.75 Å². The molecule has 0 spiro atoms. The largest absolute Gasteiger partial charge is 0.508 e. The third kappa shape index (κ3) is 3.55. The highest BCUT2D eigenvalue weighted by Gasteiger charge is 2.06. The molecule has 4 nitrogen and oxygen atoms in total. The summed E-state index contributed by atoms with van der Waals surface area (Å²) in [6, 6.07) is 4.87. The van der Waals surface area contributed by atoms with Gasteiger partial charge in [-0.2, -0.15) is 0 Å². The van der Waals surface area contributed by atoms with Crippen LogP contribution in [0, 0.1) is 6.92 Å². The van der Waals surface area contributed by atoms with E-state index in [0.717, 1.165) is 6.42 Å². The Bertz CT molecular complexity index is 375. The highest BCUT2D eigenvalue weighted by atomic mass is 16.3. The van der Waals surface area contributed by atoms with Crippen molar-refractivity contribution in [2.75, 3.05) is 6.54 Å². The molecule has 88 valence electrons. The normalized spacial score (nSPS) is 12.2. The van der Waals surface area contributed by atoms with E-state index in [1.54, 1.807) is 19.1 Å². The van der Waals surface area contributed by atoms with Crippen molar-refractivity contribution >= 4 is 5.91 Å². The maximum Gasteiger partial charge on any atom is 0.251 e. The maximum absolute atomic E-state index is 11.7. The predicted octanol–water partition coefficient (Wildman–Crippen LogP) is 1.17. The molecular weight excluding hydrogens is 204 g/mol. The lowest BCUT2D eigenvalue weighted by Crippen LogP contribution is -2.28. The Balaban J connectivity index is 2.56. The molecule has 1 rings (SSSR count). The molecule has 1 atom stereocenters. The highest BCUT2D eigenvalue weighted by Crippen LogP contribution is 2.16. The van der Waals surface area contributed by atoms with Gasteiger partial charge in [0, 0.05) is 18.2 Å². The summed E-state index contributed by atoms with van der Waals surface area (Å²) in [7, 11) is 0. The first kappa shape index (κ1) is 12.5. The van der Waals surface area contributed by atoms with Gasteiger partial charge in [-0.3, -0.25) is 4.79 Å². The number of nitrogens with one attached hydrogen (secondary N) is 1. The van der Waals surface area contributed by atoms with Gasteiger partial charge >= 0.3 is 0 Å². The van der Waals surface area contributed by atoms with Crippen molar-refractivity contribution in [2.45, 2.75) is 26.3 Å². The molecule has 4 N–H and O–H groups in total. The molecule has 16 heavy (non-hydrogen) atoms. The summed E-state index contributed by atoms with van der Waals surface area (Å²) in [5.41, 5.74) is 6.83. The lowest BCUT2D eigenvalue weighted by Gasteiger charge is -2.08. The molecule has 1 aromatic carbocycles. The number of phenols is 1. The second-order valence-corrected chi connectivity index (χ2v) is 4.02. The molecular formula is C12H18N2O2. The molecule has 0 aromatic heterocycles. The number of aryl methyl sites for hydroxylation is 1. The lowest BCUT2D eigenvalue weighted by atomic mass is 10.1. The molecule has 0 saturated carbocycles. The van der Waals surface area contributed by atoms with Gasteiger partial charge in [-0.1, -0.05) is 0 Å². The Kier molecular flexibility index (Phi) is 4.31. The summed E-state index contributed by atoms with van der Waals surface area (Å²) in [6.07, 6.45) is 0.753. The third-order valence-corrected chi connectivity index (χ3v) is 2.34. The quantitative estimate of drug-likeness (QED) is 0.715. The second-order valence-electron chi connectivity index (χ2n) is 4.02. The van der Waals surface area contributed by atoms with Gasteiger partial charge in [-0.05, 0) is 44.0 Å². The van der Waals surface area contributed by atoms with Crippen LogP contribution in [-0.2, 0) is 0 Å². The molecule has 0 aliphatic carbocycles. The van der Waals surface area contributed by atoms with Crippen molar-refractivity contribution in [3.63, 3.8) is 0 Å². The van der Waals surface area contributed by atoms with Gasteiger partial charge in [0.2, 0.25) is 0 Å². The summed E-state index contributed by atoms with van der Waals surface area (Å²) in [4.78, 5) is 11.7. The molecule has 0 fully saturated rings. The topological polar surface area (TPSA) is 75.4 Å². The summed E-state index contributed by atoms with van der Waals surface area (Å²) >= 11 is 0. The van der Waals surface area contributed by atoms with Crippen LogP contribution in [0.15, 0.2) is 18.2 Å². The van der Waals surface area contributed by atoms with Crippen molar-refractivity contribution < 1.29 is 9.90 Å². The number of benzene rings is 1. The fraction of sp³-hybridized carbons (Fsp3) is 0.417. The van der Waals surface area contributed by atoms with Crippen LogP contribution in [0.4, 0.5) is 0 Å². The SMILES string of the molecule is Cc1cc(C(=O)NCCC(C)N)ccc1O. The van der Waals surface area contributed by atoms with E-state index >= 15 is 0 Å². The molecule has 0 saturated heterocycles. The Hall–Kier alpha value is -1.55. The maximum atomic E-state index is 11.7. The van der Waals surface area contributed by atoms with Crippen LogP contribution in [0.5, 0.6) is 5.75 Å². The number of rotatable bonds is 4. The number of phenolic OH excluding ortho intramolecular Hbond substituents is 1. The fourth-order valence-electron chi connectivity index (χ4n) is 1.31. The Morgan fingerprint density at radius 3 is 2.81 bits per heavy atom. The first-order valence-corrected chi connectivity index (χ1v) is 5.34. The Morgan fingerprint density at radius 2 is 2.25 bits per heavy atom. The number of hydrogen-bond acceptors (Lipinski definition) is 3. The average Bonchev–Trinajstić information content (AvgIpc) is 2.21. The van der Waals surface area contributed by atoms with Crippen molar-refractivity contribution in [3.05, 3.63) is 29.3 Å². The van der Waals surface area contributed by atoms with Crippen LogP contribution in [0.1, 0.15) is 29.3 Å². The number of nitrogens with two attached hydrogens (primary N) is 1. The van der Waals surface area contributed by atoms with E-state index in [-0.39, 0.29) is 17.7 Å². The summed E-state index contributed by atoms with van der Waals surface area (Å²) < 4.78 is 0.